The minimum atomic E-state index is -0.563. The fourth-order valence-electron chi connectivity index (χ4n) is 1.57. The van der Waals surface area contributed by atoms with E-state index in [-0.39, 0.29) is 19.0 Å². The van der Waals surface area contributed by atoms with E-state index in [1.807, 2.05) is 13.8 Å². The molecule has 0 bridgehead atoms. The van der Waals surface area contributed by atoms with Gasteiger partial charge in [-0.1, -0.05) is 13.8 Å². The predicted octanol–water partition coefficient (Wildman–Crippen LogP) is 1.25. The van der Waals surface area contributed by atoms with Crippen LogP contribution >= 0.6 is 0 Å². The lowest BCUT2D eigenvalue weighted by atomic mass is 10.1. The second kappa shape index (κ2) is 8.68. The molecule has 2 N–H and O–H groups in total. The summed E-state index contributed by atoms with van der Waals surface area (Å²) in [4.78, 5) is 11.6. The van der Waals surface area contributed by atoms with Crippen LogP contribution in [0.5, 0.6) is 5.75 Å². The molecule has 1 aromatic carbocycles. The first-order valence-electron chi connectivity index (χ1n) is 6.69. The molecule has 0 saturated heterocycles. The van der Waals surface area contributed by atoms with E-state index in [2.05, 4.69) is 5.32 Å². The zero-order valence-corrected chi connectivity index (χ0v) is 12.3. The average molecular weight is 281 g/mol. The third kappa shape index (κ3) is 6.14. The number of hydrogen-bond donors (Lipinski definition) is 2. The lowest BCUT2D eigenvalue weighted by molar-refractivity contribution is 0.0847. The predicted molar refractivity (Wildman–Crippen MR) is 77.3 cm³/mol. The highest BCUT2D eigenvalue weighted by Gasteiger charge is 2.07. The van der Waals surface area contributed by atoms with Gasteiger partial charge in [0, 0.05) is 25.3 Å². The highest BCUT2D eigenvalue weighted by molar-refractivity contribution is 5.97. The summed E-state index contributed by atoms with van der Waals surface area (Å²) in [6.07, 6.45) is -0.563. The zero-order chi connectivity index (χ0) is 15.0. The number of nitrogens with one attached hydrogen (secondary N) is 1. The summed E-state index contributed by atoms with van der Waals surface area (Å²) in [6.45, 7) is 4.81. The maximum Gasteiger partial charge on any atom is 0.188 e. The second-order valence-electron chi connectivity index (χ2n) is 4.91. The molecular weight excluding hydrogens is 258 g/mol. The van der Waals surface area contributed by atoms with Gasteiger partial charge in [-0.3, -0.25) is 4.79 Å². The first-order chi connectivity index (χ1) is 9.52. The molecule has 0 spiro atoms. The molecule has 0 amide bonds. The van der Waals surface area contributed by atoms with E-state index in [4.69, 9.17) is 9.47 Å². The van der Waals surface area contributed by atoms with Crippen molar-refractivity contribution >= 4 is 5.78 Å². The fraction of sp³-hybridized carbons (Fsp3) is 0.533. The molecule has 0 aliphatic carbocycles. The van der Waals surface area contributed by atoms with Gasteiger partial charge in [-0.15, -0.1) is 0 Å². The van der Waals surface area contributed by atoms with E-state index < -0.39 is 6.10 Å². The Kier molecular flexibility index (Phi) is 7.22. The van der Waals surface area contributed by atoms with Gasteiger partial charge in [0.05, 0.1) is 0 Å². The van der Waals surface area contributed by atoms with E-state index in [9.17, 15) is 9.90 Å². The number of ether oxygens (including phenoxy) is 2. The Morgan fingerprint density at radius 1 is 1.30 bits per heavy atom. The lowest BCUT2D eigenvalue weighted by Crippen LogP contribution is -2.35. The first-order valence-corrected chi connectivity index (χ1v) is 6.69. The quantitative estimate of drug-likeness (QED) is 0.667. The van der Waals surface area contributed by atoms with Crippen LogP contribution in [-0.4, -0.2) is 49.9 Å². The van der Waals surface area contributed by atoms with Crippen molar-refractivity contribution in [3.05, 3.63) is 29.8 Å². The summed E-state index contributed by atoms with van der Waals surface area (Å²) in [6, 6.07) is 7.14. The van der Waals surface area contributed by atoms with Crippen molar-refractivity contribution < 1.29 is 19.4 Å². The van der Waals surface area contributed by atoms with Gasteiger partial charge >= 0.3 is 0 Å². The zero-order valence-electron chi connectivity index (χ0n) is 12.3. The lowest BCUT2D eigenvalue weighted by Gasteiger charge is -2.15. The monoisotopic (exact) mass is 281 g/mol. The molecule has 1 atom stereocenters. The number of rotatable bonds is 9. The Bertz CT molecular complexity index is 403. The third-order valence-electron chi connectivity index (χ3n) is 2.66. The van der Waals surface area contributed by atoms with Crippen molar-refractivity contribution in [1.82, 2.24) is 5.32 Å². The fourth-order valence-corrected chi connectivity index (χ4v) is 1.57. The van der Waals surface area contributed by atoms with Crippen molar-refractivity contribution in [3.63, 3.8) is 0 Å². The van der Waals surface area contributed by atoms with Crippen LogP contribution in [0, 0.1) is 0 Å². The summed E-state index contributed by atoms with van der Waals surface area (Å²) in [5.74, 6) is 0.558. The van der Waals surface area contributed by atoms with Gasteiger partial charge in [-0.25, -0.2) is 0 Å². The third-order valence-corrected chi connectivity index (χ3v) is 2.66. The number of carbonyl (C=O) groups is 1. The molecule has 20 heavy (non-hydrogen) atoms. The Morgan fingerprint density at radius 2 is 1.95 bits per heavy atom. The van der Waals surface area contributed by atoms with E-state index in [0.29, 0.717) is 23.9 Å². The molecule has 5 heteroatoms. The summed E-state index contributed by atoms with van der Waals surface area (Å²) < 4.78 is 10.3. The molecule has 0 aliphatic rings. The van der Waals surface area contributed by atoms with Crippen LogP contribution in [0.4, 0.5) is 0 Å². The van der Waals surface area contributed by atoms with Gasteiger partial charge in [0.15, 0.2) is 5.78 Å². The SMILES string of the molecule is COCC(=O)c1ccc(OC[C@@H](O)CNC(C)C)cc1. The molecule has 0 aromatic heterocycles. The molecule has 5 nitrogen and oxygen atoms in total. The standard InChI is InChI=1S/C15H23NO4/c1-11(2)16-8-13(17)9-20-14-6-4-12(5-7-14)15(18)10-19-3/h4-7,11,13,16-17H,8-10H2,1-3H3/t13-/m0/s1. The van der Waals surface area contributed by atoms with Crippen LogP contribution in [-0.2, 0) is 4.74 Å². The summed E-state index contributed by atoms with van der Waals surface area (Å²) in [5.41, 5.74) is 0.584. The van der Waals surface area contributed by atoms with E-state index in [1.54, 1.807) is 24.3 Å². The molecule has 0 fully saturated rings. The van der Waals surface area contributed by atoms with Crippen LogP contribution < -0.4 is 10.1 Å². The van der Waals surface area contributed by atoms with E-state index >= 15 is 0 Å². The Labute approximate surface area is 119 Å². The topological polar surface area (TPSA) is 67.8 Å². The average Bonchev–Trinajstić information content (AvgIpc) is 2.43. The summed E-state index contributed by atoms with van der Waals surface area (Å²) >= 11 is 0. The molecule has 0 radical (unpaired) electrons. The van der Waals surface area contributed by atoms with E-state index in [1.165, 1.54) is 7.11 Å². The van der Waals surface area contributed by atoms with Gasteiger partial charge in [-0.2, -0.15) is 0 Å². The second-order valence-corrected chi connectivity index (χ2v) is 4.91. The van der Waals surface area contributed by atoms with Crippen molar-refractivity contribution in [3.8, 4) is 5.75 Å². The summed E-state index contributed by atoms with van der Waals surface area (Å²) in [7, 11) is 1.49. The minimum absolute atomic E-state index is 0.0692. The van der Waals surface area contributed by atoms with Gasteiger partial charge in [0.25, 0.3) is 0 Å². The Hall–Kier alpha value is -1.43. The van der Waals surface area contributed by atoms with Crippen LogP contribution in [0.3, 0.4) is 0 Å². The highest BCUT2D eigenvalue weighted by Crippen LogP contribution is 2.13. The van der Waals surface area contributed by atoms with Gasteiger partial charge < -0.3 is 19.9 Å². The minimum Gasteiger partial charge on any atom is -0.491 e. The molecule has 0 heterocycles. The molecule has 1 rings (SSSR count). The maximum absolute atomic E-state index is 11.6. The maximum atomic E-state index is 11.6. The molecule has 0 aliphatic heterocycles. The number of aliphatic hydroxyl groups excluding tert-OH is 1. The van der Waals surface area contributed by atoms with Crippen molar-refractivity contribution in [1.29, 1.82) is 0 Å². The number of methoxy groups -OCH3 is 1. The number of hydrogen-bond acceptors (Lipinski definition) is 5. The van der Waals surface area contributed by atoms with E-state index in [0.717, 1.165) is 0 Å². The number of carbonyl (C=O) groups excluding carboxylic acids is 1. The number of Topliss-reactive ketones (excluding diaryl/α,β-unsaturated/α-hetero) is 1. The Morgan fingerprint density at radius 3 is 2.50 bits per heavy atom. The van der Waals surface area contributed by atoms with Gasteiger partial charge in [0.2, 0.25) is 0 Å². The molecule has 0 unspecified atom stereocenters. The van der Waals surface area contributed by atoms with Gasteiger partial charge in [-0.05, 0) is 24.3 Å². The number of ketones is 1. The van der Waals surface area contributed by atoms with Crippen LogP contribution in [0.15, 0.2) is 24.3 Å². The smallest absolute Gasteiger partial charge is 0.188 e. The molecule has 1 aromatic rings. The van der Waals surface area contributed by atoms with Crippen molar-refractivity contribution in [2.45, 2.75) is 26.0 Å². The molecule has 112 valence electrons. The molecular formula is C15H23NO4. The largest absolute Gasteiger partial charge is 0.491 e. The normalized spacial score (nSPS) is 12.4. The Balaban J connectivity index is 2.39. The summed E-state index contributed by atoms with van der Waals surface area (Å²) in [5, 5.41) is 12.8. The van der Waals surface area contributed by atoms with Crippen LogP contribution in [0.2, 0.25) is 0 Å². The number of benzene rings is 1. The number of aliphatic hydroxyl groups is 1. The van der Waals surface area contributed by atoms with Crippen molar-refractivity contribution in [2.24, 2.45) is 0 Å². The molecule has 0 saturated carbocycles. The van der Waals surface area contributed by atoms with Gasteiger partial charge in [0.1, 0.15) is 25.1 Å². The van der Waals surface area contributed by atoms with Crippen molar-refractivity contribution in [2.75, 3.05) is 26.9 Å². The van der Waals surface area contributed by atoms with Crippen LogP contribution in [0.25, 0.3) is 0 Å². The highest BCUT2D eigenvalue weighted by atomic mass is 16.5. The first kappa shape index (κ1) is 16.6. The van der Waals surface area contributed by atoms with Crippen LogP contribution in [0.1, 0.15) is 24.2 Å².